The second kappa shape index (κ2) is 9.71. The van der Waals surface area contributed by atoms with Crippen molar-refractivity contribution in [1.29, 1.82) is 0 Å². The van der Waals surface area contributed by atoms with Crippen molar-refractivity contribution in [3.63, 3.8) is 0 Å². The first-order chi connectivity index (χ1) is 13.2. The number of nitrogens with one attached hydrogen (secondary N) is 1. The number of nitrogens with zero attached hydrogens (tertiary/aromatic N) is 2. The summed E-state index contributed by atoms with van der Waals surface area (Å²) >= 11 is 0. The van der Waals surface area contributed by atoms with Crippen LogP contribution in [0.5, 0.6) is 0 Å². The van der Waals surface area contributed by atoms with Crippen LogP contribution >= 0.6 is 0 Å². The van der Waals surface area contributed by atoms with Crippen molar-refractivity contribution in [3.05, 3.63) is 11.6 Å². The lowest BCUT2D eigenvalue weighted by atomic mass is 9.85. The third-order valence-corrected chi connectivity index (χ3v) is 5.46. The summed E-state index contributed by atoms with van der Waals surface area (Å²) < 4.78 is 0. The lowest BCUT2D eigenvalue weighted by Crippen LogP contribution is -2.58. The second-order valence-electron chi connectivity index (χ2n) is 9.49. The van der Waals surface area contributed by atoms with Gasteiger partial charge in [0.05, 0.1) is 18.2 Å². The van der Waals surface area contributed by atoms with Gasteiger partial charge in [-0.05, 0) is 31.7 Å². The molecule has 1 rings (SSSR count). The molecule has 0 aliphatic carbocycles. The maximum atomic E-state index is 13.4. The number of carboxylic acid groups (broad SMARTS) is 1. The highest BCUT2D eigenvalue weighted by Crippen LogP contribution is 2.25. The Morgan fingerprint density at radius 3 is 2.17 bits per heavy atom. The number of likely N-dealkylation sites (tertiary alicyclic amines) is 1. The molecule has 3 N–H and O–H groups in total. The van der Waals surface area contributed by atoms with Crippen molar-refractivity contribution in [2.24, 2.45) is 11.3 Å². The first-order valence-corrected chi connectivity index (χ1v) is 10.0. The molecule has 8 heteroatoms. The third kappa shape index (κ3) is 6.54. The fourth-order valence-electron chi connectivity index (χ4n) is 3.60. The third-order valence-electron chi connectivity index (χ3n) is 5.46. The number of carbonyl (C=O) groups is 3. The number of likely N-dealkylation sites (N-methyl/N-ethyl adjacent to an activating group) is 2. The van der Waals surface area contributed by atoms with Crippen molar-refractivity contribution < 1.29 is 24.6 Å². The van der Waals surface area contributed by atoms with Crippen molar-refractivity contribution >= 4 is 17.8 Å². The highest BCUT2D eigenvalue weighted by molar-refractivity contribution is 5.91. The van der Waals surface area contributed by atoms with Gasteiger partial charge in [-0.2, -0.15) is 0 Å². The normalized spacial score (nSPS) is 23.0. The Labute approximate surface area is 173 Å². The number of aliphatic hydroxyl groups is 1. The average Bonchev–Trinajstić information content (AvgIpc) is 2.92. The zero-order valence-corrected chi connectivity index (χ0v) is 18.9. The van der Waals surface area contributed by atoms with Crippen LogP contribution in [-0.2, 0) is 14.4 Å². The van der Waals surface area contributed by atoms with Gasteiger partial charge in [-0.15, -0.1) is 0 Å². The molecule has 166 valence electrons. The lowest BCUT2D eigenvalue weighted by Gasteiger charge is -2.38. The Bertz CT molecular complexity index is 653. The molecular weight excluding hydrogens is 374 g/mol. The van der Waals surface area contributed by atoms with Crippen LogP contribution in [0.25, 0.3) is 0 Å². The Morgan fingerprint density at radius 2 is 1.79 bits per heavy atom. The topological polar surface area (TPSA) is 110 Å². The molecule has 0 aromatic heterocycles. The van der Waals surface area contributed by atoms with Crippen LogP contribution in [0.2, 0.25) is 0 Å². The van der Waals surface area contributed by atoms with Gasteiger partial charge >= 0.3 is 5.97 Å². The van der Waals surface area contributed by atoms with Gasteiger partial charge in [-0.3, -0.25) is 14.5 Å². The van der Waals surface area contributed by atoms with Crippen LogP contribution in [0.3, 0.4) is 0 Å². The second-order valence-corrected chi connectivity index (χ2v) is 9.49. The summed E-state index contributed by atoms with van der Waals surface area (Å²) in [5.74, 6) is -1.60. The highest BCUT2D eigenvalue weighted by Gasteiger charge is 2.40. The zero-order valence-electron chi connectivity index (χ0n) is 18.9. The van der Waals surface area contributed by atoms with Gasteiger partial charge in [0.25, 0.3) is 0 Å². The van der Waals surface area contributed by atoms with Gasteiger partial charge in [0, 0.05) is 19.2 Å². The number of hydrogen-bond acceptors (Lipinski definition) is 5. The monoisotopic (exact) mass is 411 g/mol. The van der Waals surface area contributed by atoms with Crippen LogP contribution in [-0.4, -0.2) is 82.7 Å². The SMILES string of the molecule is C/C(=C\[C@H](C(C)C)N(C)C(=O)C(NC(=O)C1CC(O)CN1C)C(C)(C)C)C(=O)O. The standard InChI is InChI=1S/C21H37N3O5/c1-12(2)15(9-13(3)20(28)29)24(8)19(27)17(21(4,5)6)22-18(26)16-10-14(25)11-23(16)7/h9,12,14-17,25H,10-11H2,1-8H3,(H,22,26)(H,28,29)/b13-9+/t14?,15-,16?,17?/m1/s1. The number of β-amino-alcohol motifs (C(OH)–C–C–N with tert-alkyl or cyclic N) is 1. The molecule has 3 unspecified atom stereocenters. The molecule has 1 heterocycles. The minimum Gasteiger partial charge on any atom is -0.478 e. The molecule has 1 aliphatic heterocycles. The molecule has 0 bridgehead atoms. The summed E-state index contributed by atoms with van der Waals surface area (Å²) in [6.45, 7) is 11.4. The number of rotatable bonds is 7. The van der Waals surface area contributed by atoms with Gasteiger partial charge in [0.15, 0.2) is 0 Å². The molecular formula is C21H37N3O5. The van der Waals surface area contributed by atoms with Crippen molar-refractivity contribution in [3.8, 4) is 0 Å². The van der Waals surface area contributed by atoms with Crippen LogP contribution < -0.4 is 5.32 Å². The maximum Gasteiger partial charge on any atom is 0.331 e. The van der Waals surface area contributed by atoms with E-state index < -0.39 is 35.6 Å². The van der Waals surface area contributed by atoms with E-state index in [4.69, 9.17) is 0 Å². The first kappa shape index (κ1) is 25.1. The average molecular weight is 412 g/mol. The van der Waals surface area contributed by atoms with E-state index in [1.54, 1.807) is 25.1 Å². The minimum absolute atomic E-state index is 0.00863. The summed E-state index contributed by atoms with van der Waals surface area (Å²) in [5, 5.41) is 21.9. The smallest absolute Gasteiger partial charge is 0.331 e. The molecule has 0 saturated carbocycles. The van der Waals surface area contributed by atoms with E-state index in [-0.39, 0.29) is 23.3 Å². The largest absolute Gasteiger partial charge is 0.478 e. The summed E-state index contributed by atoms with van der Waals surface area (Å²) in [6, 6.07) is -1.69. The number of carboxylic acids is 1. The first-order valence-electron chi connectivity index (χ1n) is 10.0. The van der Waals surface area contributed by atoms with Crippen LogP contribution in [0.15, 0.2) is 11.6 Å². The van der Waals surface area contributed by atoms with Crippen LogP contribution in [0.4, 0.5) is 0 Å². The van der Waals surface area contributed by atoms with Gasteiger partial charge in [-0.25, -0.2) is 4.79 Å². The lowest BCUT2D eigenvalue weighted by molar-refractivity contribution is -0.141. The van der Waals surface area contributed by atoms with Crippen molar-refractivity contribution in [2.75, 3.05) is 20.6 Å². The highest BCUT2D eigenvalue weighted by atomic mass is 16.4. The fourth-order valence-corrected chi connectivity index (χ4v) is 3.60. The molecule has 4 atom stereocenters. The Morgan fingerprint density at radius 1 is 1.24 bits per heavy atom. The Hall–Kier alpha value is -1.93. The number of carbonyl (C=O) groups excluding carboxylic acids is 2. The molecule has 0 spiro atoms. The fraction of sp³-hybridized carbons (Fsp3) is 0.762. The van der Waals surface area contributed by atoms with E-state index in [0.29, 0.717) is 13.0 Å². The van der Waals surface area contributed by atoms with E-state index in [1.807, 2.05) is 34.6 Å². The predicted octanol–water partition coefficient (Wildman–Crippen LogP) is 1.10. The maximum absolute atomic E-state index is 13.4. The minimum atomic E-state index is -1.03. The van der Waals surface area contributed by atoms with Gasteiger partial charge in [0.2, 0.25) is 11.8 Å². The summed E-state index contributed by atoms with van der Waals surface area (Å²) in [5.41, 5.74) is -0.384. The summed E-state index contributed by atoms with van der Waals surface area (Å²) in [4.78, 5) is 40.7. The van der Waals surface area contributed by atoms with Gasteiger partial charge in [-0.1, -0.05) is 40.7 Å². The molecule has 1 aliphatic rings. The molecule has 0 radical (unpaired) electrons. The Kier molecular flexibility index (Phi) is 8.41. The van der Waals surface area contributed by atoms with Crippen molar-refractivity contribution in [2.45, 2.75) is 72.2 Å². The number of amides is 2. The summed E-state index contributed by atoms with van der Waals surface area (Å²) in [6.07, 6.45) is 1.35. The van der Waals surface area contributed by atoms with E-state index in [0.717, 1.165) is 0 Å². The molecule has 29 heavy (non-hydrogen) atoms. The molecule has 0 aromatic rings. The molecule has 0 aromatic carbocycles. The van der Waals surface area contributed by atoms with Crippen LogP contribution in [0, 0.1) is 11.3 Å². The number of aliphatic hydroxyl groups excluding tert-OH is 1. The van der Waals surface area contributed by atoms with Crippen molar-refractivity contribution in [1.82, 2.24) is 15.1 Å². The van der Waals surface area contributed by atoms with Gasteiger partial charge in [0.1, 0.15) is 6.04 Å². The van der Waals surface area contributed by atoms with E-state index in [2.05, 4.69) is 5.32 Å². The Balaban J connectivity index is 3.10. The molecule has 1 saturated heterocycles. The molecule has 8 nitrogen and oxygen atoms in total. The molecule has 1 fully saturated rings. The quantitative estimate of drug-likeness (QED) is 0.541. The summed E-state index contributed by atoms with van der Waals surface area (Å²) in [7, 11) is 3.41. The zero-order chi connectivity index (χ0) is 22.7. The van der Waals surface area contributed by atoms with Crippen LogP contribution in [0.1, 0.15) is 48.0 Å². The van der Waals surface area contributed by atoms with E-state index >= 15 is 0 Å². The van der Waals surface area contributed by atoms with E-state index in [9.17, 15) is 24.6 Å². The van der Waals surface area contributed by atoms with Gasteiger partial charge < -0.3 is 20.4 Å². The number of hydrogen-bond donors (Lipinski definition) is 3. The predicted molar refractivity (Wildman–Crippen MR) is 111 cm³/mol. The van der Waals surface area contributed by atoms with E-state index in [1.165, 1.54) is 11.8 Å². The molecule has 2 amide bonds. The number of aliphatic carboxylic acids is 1.